The molecule has 0 saturated heterocycles. The van der Waals surface area contributed by atoms with E-state index in [1.54, 1.807) is 0 Å². The van der Waals surface area contributed by atoms with E-state index in [1.165, 1.54) is 0 Å². The lowest BCUT2D eigenvalue weighted by Crippen LogP contribution is -2.48. The number of hydrogen-bond acceptors (Lipinski definition) is 5. The summed E-state index contributed by atoms with van der Waals surface area (Å²) in [6.45, 7) is 7.36. The molecule has 0 aromatic rings. The monoisotopic (exact) mass is 272 g/mol. The first kappa shape index (κ1) is 17.8. The van der Waals surface area contributed by atoms with Crippen molar-refractivity contribution in [3.63, 3.8) is 0 Å². The summed E-state index contributed by atoms with van der Waals surface area (Å²) in [7, 11) is 0. The number of ether oxygens (including phenoxy) is 2. The fraction of sp³-hybridized carbons (Fsp3) is 0.857. The van der Waals surface area contributed by atoms with Gasteiger partial charge in [0.25, 0.3) is 0 Å². The maximum absolute atomic E-state index is 11.8. The molecule has 0 unspecified atom stereocenters. The van der Waals surface area contributed by atoms with E-state index in [9.17, 15) is 4.79 Å². The van der Waals surface area contributed by atoms with Gasteiger partial charge in [-0.2, -0.15) is 9.59 Å². The van der Waals surface area contributed by atoms with Crippen LogP contribution in [0.5, 0.6) is 0 Å². The van der Waals surface area contributed by atoms with E-state index in [0.29, 0.717) is 6.61 Å². The van der Waals surface area contributed by atoms with Gasteiger partial charge < -0.3 is 9.47 Å². The highest BCUT2D eigenvalue weighted by Crippen LogP contribution is 2.46. The fourth-order valence-corrected chi connectivity index (χ4v) is 2.21. The normalized spacial score (nSPS) is 24.5. The molecule has 1 fully saturated rings. The summed E-state index contributed by atoms with van der Waals surface area (Å²) in [4.78, 5) is 28.0. The van der Waals surface area contributed by atoms with Crippen LogP contribution < -0.4 is 0 Å². The highest BCUT2D eigenvalue weighted by Gasteiger charge is 2.50. The van der Waals surface area contributed by atoms with Gasteiger partial charge in [0.2, 0.25) is 0 Å². The Hall–Kier alpha value is -1.19. The van der Waals surface area contributed by atoms with Crippen LogP contribution in [-0.2, 0) is 23.9 Å². The molecular formula is C14H24O5. The summed E-state index contributed by atoms with van der Waals surface area (Å²) in [6.07, 6.45) is 5.33. The molecule has 0 aromatic heterocycles. The number of unbranched alkanes of at least 4 members (excludes halogenated alkanes) is 1. The van der Waals surface area contributed by atoms with Gasteiger partial charge in [0.1, 0.15) is 0 Å². The Morgan fingerprint density at radius 2 is 1.84 bits per heavy atom. The van der Waals surface area contributed by atoms with Gasteiger partial charge in [-0.25, -0.2) is 0 Å². The van der Waals surface area contributed by atoms with E-state index in [2.05, 4.69) is 13.8 Å². The summed E-state index contributed by atoms with van der Waals surface area (Å²) in [6, 6.07) is 0. The van der Waals surface area contributed by atoms with Crippen molar-refractivity contribution in [2.45, 2.75) is 59.0 Å². The molecule has 1 aliphatic rings. The third-order valence-corrected chi connectivity index (χ3v) is 3.47. The smallest absolute Gasteiger partial charge is 0.373 e. The second-order valence-electron chi connectivity index (χ2n) is 4.69. The average Bonchev–Trinajstić information content (AvgIpc) is 2.33. The number of carbonyl (C=O) groups excluding carboxylic acids is 3. The van der Waals surface area contributed by atoms with Gasteiger partial charge >= 0.3 is 12.1 Å². The van der Waals surface area contributed by atoms with Crippen molar-refractivity contribution < 1.29 is 23.9 Å². The van der Waals surface area contributed by atoms with E-state index in [0.717, 1.165) is 38.7 Å². The Labute approximate surface area is 114 Å². The zero-order chi connectivity index (χ0) is 14.7. The van der Waals surface area contributed by atoms with Crippen molar-refractivity contribution in [2.75, 3.05) is 13.2 Å². The molecule has 0 N–H and O–H groups in total. The van der Waals surface area contributed by atoms with Crippen molar-refractivity contribution in [2.24, 2.45) is 5.41 Å². The SMILES string of the molecule is CCCCOC1CC(CC)(C(=O)OCC)C1.O=C=O. The first-order chi connectivity index (χ1) is 9.10. The van der Waals surface area contributed by atoms with Crippen LogP contribution in [0.15, 0.2) is 0 Å². The zero-order valence-corrected chi connectivity index (χ0v) is 12.1. The largest absolute Gasteiger partial charge is 0.466 e. The Bertz CT molecular complexity index is 288. The summed E-state index contributed by atoms with van der Waals surface area (Å²) in [5.41, 5.74) is -0.243. The highest BCUT2D eigenvalue weighted by atomic mass is 16.5. The van der Waals surface area contributed by atoms with Gasteiger partial charge in [0.15, 0.2) is 0 Å². The Kier molecular flexibility index (Phi) is 9.09. The average molecular weight is 272 g/mol. The topological polar surface area (TPSA) is 69.7 Å². The molecular weight excluding hydrogens is 248 g/mol. The van der Waals surface area contributed by atoms with E-state index < -0.39 is 0 Å². The number of hydrogen-bond donors (Lipinski definition) is 0. The molecule has 1 saturated carbocycles. The molecule has 0 aromatic carbocycles. The number of esters is 1. The van der Waals surface area contributed by atoms with Crippen LogP contribution in [0, 0.1) is 5.41 Å². The molecule has 0 amide bonds. The minimum Gasteiger partial charge on any atom is -0.466 e. The first-order valence-electron chi connectivity index (χ1n) is 6.88. The maximum Gasteiger partial charge on any atom is 0.373 e. The predicted molar refractivity (Wildman–Crippen MR) is 68.2 cm³/mol. The molecule has 0 heterocycles. The van der Waals surface area contributed by atoms with Crippen LogP contribution in [0.3, 0.4) is 0 Å². The number of carbonyl (C=O) groups is 1. The molecule has 5 nitrogen and oxygen atoms in total. The molecule has 5 heteroatoms. The van der Waals surface area contributed by atoms with Crippen LogP contribution in [0.4, 0.5) is 0 Å². The quantitative estimate of drug-likeness (QED) is 0.525. The molecule has 0 bridgehead atoms. The van der Waals surface area contributed by atoms with Crippen LogP contribution in [0.1, 0.15) is 52.9 Å². The summed E-state index contributed by atoms with van der Waals surface area (Å²) < 4.78 is 10.8. The lowest BCUT2D eigenvalue weighted by atomic mass is 9.65. The highest BCUT2D eigenvalue weighted by molar-refractivity contribution is 5.78. The van der Waals surface area contributed by atoms with Crippen LogP contribution >= 0.6 is 0 Å². The second-order valence-corrected chi connectivity index (χ2v) is 4.69. The van der Waals surface area contributed by atoms with Gasteiger partial charge in [-0.3, -0.25) is 4.79 Å². The lowest BCUT2D eigenvalue weighted by molar-refractivity contribution is -0.191. The molecule has 19 heavy (non-hydrogen) atoms. The van der Waals surface area contributed by atoms with Crippen LogP contribution in [-0.4, -0.2) is 31.4 Å². The van der Waals surface area contributed by atoms with Gasteiger partial charge in [-0.05, 0) is 32.6 Å². The van der Waals surface area contributed by atoms with Crippen LogP contribution in [0.25, 0.3) is 0 Å². The maximum atomic E-state index is 11.8. The van der Waals surface area contributed by atoms with Gasteiger partial charge in [0, 0.05) is 6.61 Å². The third-order valence-electron chi connectivity index (χ3n) is 3.47. The summed E-state index contributed by atoms with van der Waals surface area (Å²) >= 11 is 0. The van der Waals surface area contributed by atoms with Crippen molar-refractivity contribution >= 4 is 12.1 Å². The van der Waals surface area contributed by atoms with Crippen LogP contribution in [0.2, 0.25) is 0 Å². The summed E-state index contributed by atoms with van der Waals surface area (Å²) in [5.74, 6) is -0.0344. The minimum atomic E-state index is -0.243. The van der Waals surface area contributed by atoms with Crippen molar-refractivity contribution in [1.29, 1.82) is 0 Å². The van der Waals surface area contributed by atoms with Crippen molar-refractivity contribution in [1.82, 2.24) is 0 Å². The van der Waals surface area contributed by atoms with E-state index in [1.807, 2.05) is 6.92 Å². The van der Waals surface area contributed by atoms with Gasteiger partial charge in [0.05, 0.1) is 18.1 Å². The van der Waals surface area contributed by atoms with E-state index in [-0.39, 0.29) is 23.6 Å². The molecule has 1 aliphatic carbocycles. The standard InChI is InChI=1S/C13H24O3.CO2/c1-4-7-8-16-11-9-13(5-2,10-11)12(14)15-6-3;2-1-3/h11H,4-10H2,1-3H3;. The van der Waals surface area contributed by atoms with Gasteiger partial charge in [-0.15, -0.1) is 0 Å². The minimum absolute atomic E-state index is 0.0344. The second kappa shape index (κ2) is 9.70. The molecule has 0 radical (unpaired) electrons. The Balaban J connectivity index is 0.000000982. The molecule has 0 aliphatic heterocycles. The Morgan fingerprint density at radius 1 is 1.26 bits per heavy atom. The zero-order valence-electron chi connectivity index (χ0n) is 12.1. The van der Waals surface area contributed by atoms with Crippen molar-refractivity contribution in [3.8, 4) is 0 Å². The molecule has 110 valence electrons. The van der Waals surface area contributed by atoms with E-state index in [4.69, 9.17) is 19.1 Å². The number of rotatable bonds is 7. The van der Waals surface area contributed by atoms with Gasteiger partial charge in [-0.1, -0.05) is 20.3 Å². The summed E-state index contributed by atoms with van der Waals surface area (Å²) in [5, 5.41) is 0. The molecule has 1 rings (SSSR count). The lowest BCUT2D eigenvalue weighted by Gasteiger charge is -2.44. The third kappa shape index (κ3) is 5.53. The Morgan fingerprint density at radius 3 is 2.26 bits per heavy atom. The fourth-order valence-electron chi connectivity index (χ4n) is 2.21. The molecule has 0 atom stereocenters. The molecule has 0 spiro atoms. The predicted octanol–water partition coefficient (Wildman–Crippen LogP) is 2.34. The first-order valence-corrected chi connectivity index (χ1v) is 6.88. The van der Waals surface area contributed by atoms with Crippen molar-refractivity contribution in [3.05, 3.63) is 0 Å². The van der Waals surface area contributed by atoms with E-state index >= 15 is 0 Å².